The van der Waals surface area contributed by atoms with Crippen LogP contribution < -0.4 is 14.2 Å². The molecule has 92 valence electrons. The van der Waals surface area contributed by atoms with Gasteiger partial charge in [0.05, 0.1) is 7.11 Å². The van der Waals surface area contributed by atoms with Crippen molar-refractivity contribution < 1.29 is 24.1 Å². The third-order valence-electron chi connectivity index (χ3n) is 2.55. The van der Waals surface area contributed by atoms with E-state index in [1.165, 1.54) is 0 Å². The number of hydrogen-bond acceptors (Lipinski definition) is 4. The highest BCUT2D eigenvalue weighted by atomic mass is 16.6. The molecule has 0 atom stereocenters. The highest BCUT2D eigenvalue weighted by Crippen LogP contribution is 2.37. The molecule has 17 heavy (non-hydrogen) atoms. The largest absolute Gasteiger partial charge is 0.496 e. The van der Waals surface area contributed by atoms with E-state index in [-0.39, 0.29) is 6.42 Å². The summed E-state index contributed by atoms with van der Waals surface area (Å²) in [5.74, 6) is 1.10. The molecule has 1 aliphatic rings. The Morgan fingerprint density at radius 2 is 2.00 bits per heavy atom. The van der Waals surface area contributed by atoms with E-state index in [1.54, 1.807) is 19.2 Å². The second kappa shape index (κ2) is 4.95. The highest BCUT2D eigenvalue weighted by Gasteiger charge is 2.16. The summed E-state index contributed by atoms with van der Waals surface area (Å²) < 4.78 is 16.1. The maximum absolute atomic E-state index is 10.6. The predicted octanol–water partition coefficient (Wildman–Crippen LogP) is 1.48. The molecule has 0 unspecified atom stereocenters. The molecule has 1 aromatic carbocycles. The van der Waals surface area contributed by atoms with Gasteiger partial charge >= 0.3 is 5.97 Å². The van der Waals surface area contributed by atoms with Crippen molar-refractivity contribution in [2.45, 2.75) is 12.8 Å². The molecule has 1 aromatic rings. The van der Waals surface area contributed by atoms with Gasteiger partial charge in [-0.3, -0.25) is 4.79 Å². The van der Waals surface area contributed by atoms with E-state index in [2.05, 4.69) is 0 Å². The number of rotatable bonds is 4. The minimum atomic E-state index is -0.832. The highest BCUT2D eigenvalue weighted by molar-refractivity contribution is 5.67. The lowest BCUT2D eigenvalue weighted by atomic mass is 10.1. The molecule has 5 heteroatoms. The van der Waals surface area contributed by atoms with E-state index in [4.69, 9.17) is 19.3 Å². The minimum absolute atomic E-state index is 0.0655. The van der Waals surface area contributed by atoms with E-state index < -0.39 is 5.97 Å². The van der Waals surface area contributed by atoms with Crippen molar-refractivity contribution in [2.75, 3.05) is 20.3 Å². The van der Waals surface area contributed by atoms with Crippen molar-refractivity contribution in [3.63, 3.8) is 0 Å². The SMILES string of the molecule is COc1cc2c(cc1CCC(=O)O)OCCO2. The molecule has 0 fully saturated rings. The second-order valence-corrected chi connectivity index (χ2v) is 3.70. The summed E-state index contributed by atoms with van der Waals surface area (Å²) in [4.78, 5) is 10.6. The average Bonchev–Trinajstić information content (AvgIpc) is 2.35. The van der Waals surface area contributed by atoms with Crippen LogP contribution in [0.5, 0.6) is 17.2 Å². The van der Waals surface area contributed by atoms with Crippen LogP contribution in [0.4, 0.5) is 0 Å². The van der Waals surface area contributed by atoms with Crippen molar-refractivity contribution in [3.8, 4) is 17.2 Å². The molecule has 5 nitrogen and oxygen atoms in total. The normalized spacial score (nSPS) is 13.2. The number of benzene rings is 1. The number of carboxylic acids is 1. The molecule has 2 rings (SSSR count). The zero-order valence-electron chi connectivity index (χ0n) is 9.56. The van der Waals surface area contributed by atoms with Crippen LogP contribution in [0.3, 0.4) is 0 Å². The lowest BCUT2D eigenvalue weighted by molar-refractivity contribution is -0.136. The molecule has 0 radical (unpaired) electrons. The van der Waals surface area contributed by atoms with Gasteiger partial charge in [-0.15, -0.1) is 0 Å². The van der Waals surface area contributed by atoms with Crippen LogP contribution in [0.2, 0.25) is 0 Å². The molecule has 1 heterocycles. The third kappa shape index (κ3) is 2.61. The van der Waals surface area contributed by atoms with Crippen LogP contribution in [-0.4, -0.2) is 31.4 Å². The van der Waals surface area contributed by atoms with Gasteiger partial charge < -0.3 is 19.3 Å². The minimum Gasteiger partial charge on any atom is -0.496 e. The first-order valence-corrected chi connectivity index (χ1v) is 5.39. The van der Waals surface area contributed by atoms with Crippen LogP contribution in [0.1, 0.15) is 12.0 Å². The summed E-state index contributed by atoms with van der Waals surface area (Å²) in [6.07, 6.45) is 0.477. The number of carboxylic acid groups (broad SMARTS) is 1. The Labute approximate surface area is 98.9 Å². The molecule has 1 aliphatic heterocycles. The number of fused-ring (bicyclic) bond motifs is 1. The summed E-state index contributed by atoms with van der Waals surface area (Å²) in [5.41, 5.74) is 0.819. The van der Waals surface area contributed by atoms with Gasteiger partial charge in [0.2, 0.25) is 0 Å². The Balaban J connectivity index is 2.26. The van der Waals surface area contributed by atoms with Gasteiger partial charge in [0, 0.05) is 12.5 Å². The molecule has 1 N–H and O–H groups in total. The Bertz CT molecular complexity index is 427. The maximum atomic E-state index is 10.6. The van der Waals surface area contributed by atoms with E-state index in [9.17, 15) is 4.79 Å². The van der Waals surface area contributed by atoms with Crippen molar-refractivity contribution in [1.82, 2.24) is 0 Å². The number of carbonyl (C=O) groups is 1. The van der Waals surface area contributed by atoms with Gasteiger partial charge in [-0.05, 0) is 18.1 Å². The molecular weight excluding hydrogens is 224 g/mol. The third-order valence-corrected chi connectivity index (χ3v) is 2.55. The van der Waals surface area contributed by atoms with Crippen LogP contribution in [0.25, 0.3) is 0 Å². The Morgan fingerprint density at radius 3 is 2.59 bits per heavy atom. The molecule has 0 bridgehead atoms. The van der Waals surface area contributed by atoms with Gasteiger partial charge in [0.15, 0.2) is 11.5 Å². The molecule has 0 amide bonds. The number of methoxy groups -OCH3 is 1. The molecule has 0 aliphatic carbocycles. The van der Waals surface area contributed by atoms with E-state index in [0.717, 1.165) is 5.56 Å². The first-order valence-electron chi connectivity index (χ1n) is 5.39. The summed E-state index contributed by atoms with van der Waals surface area (Å²) in [6, 6.07) is 3.53. The quantitative estimate of drug-likeness (QED) is 0.860. The number of aryl methyl sites for hydroxylation is 1. The first kappa shape index (κ1) is 11.6. The topological polar surface area (TPSA) is 65.0 Å². The standard InChI is InChI=1S/C12H14O5/c1-15-9-7-11-10(16-4-5-17-11)6-8(9)2-3-12(13)14/h6-7H,2-5H2,1H3,(H,13,14). The maximum Gasteiger partial charge on any atom is 0.303 e. The number of hydrogen-bond donors (Lipinski definition) is 1. The van der Waals surface area contributed by atoms with Crippen LogP contribution in [0, 0.1) is 0 Å². The Hall–Kier alpha value is -1.91. The van der Waals surface area contributed by atoms with Gasteiger partial charge in [0.25, 0.3) is 0 Å². The summed E-state index contributed by atoms with van der Waals surface area (Å²) in [7, 11) is 1.55. The molecule has 0 spiro atoms. The fraction of sp³-hybridized carbons (Fsp3) is 0.417. The van der Waals surface area contributed by atoms with Crippen molar-refractivity contribution in [3.05, 3.63) is 17.7 Å². The zero-order chi connectivity index (χ0) is 12.3. The first-order chi connectivity index (χ1) is 8.20. The molecule has 0 aromatic heterocycles. The van der Waals surface area contributed by atoms with Crippen molar-refractivity contribution >= 4 is 5.97 Å². The predicted molar refractivity (Wildman–Crippen MR) is 59.9 cm³/mol. The summed E-state index contributed by atoms with van der Waals surface area (Å²) in [6.45, 7) is 1.03. The van der Waals surface area contributed by atoms with Gasteiger partial charge in [-0.2, -0.15) is 0 Å². The van der Waals surface area contributed by atoms with Crippen molar-refractivity contribution in [2.24, 2.45) is 0 Å². The van der Waals surface area contributed by atoms with Crippen LogP contribution in [0.15, 0.2) is 12.1 Å². The number of aliphatic carboxylic acids is 1. The smallest absolute Gasteiger partial charge is 0.303 e. The average molecular weight is 238 g/mol. The van der Waals surface area contributed by atoms with Gasteiger partial charge in [-0.1, -0.05) is 0 Å². The lowest BCUT2D eigenvalue weighted by Gasteiger charge is -2.20. The van der Waals surface area contributed by atoms with Crippen LogP contribution >= 0.6 is 0 Å². The van der Waals surface area contributed by atoms with Crippen LogP contribution in [-0.2, 0) is 11.2 Å². The summed E-state index contributed by atoms with van der Waals surface area (Å²) >= 11 is 0. The Morgan fingerprint density at radius 1 is 1.35 bits per heavy atom. The van der Waals surface area contributed by atoms with Gasteiger partial charge in [0.1, 0.15) is 19.0 Å². The lowest BCUT2D eigenvalue weighted by Crippen LogP contribution is -2.15. The van der Waals surface area contributed by atoms with E-state index in [1.807, 2.05) is 0 Å². The molecular formula is C12H14O5. The monoisotopic (exact) mass is 238 g/mol. The number of ether oxygens (including phenoxy) is 3. The van der Waals surface area contributed by atoms with E-state index in [0.29, 0.717) is 36.9 Å². The molecule has 0 saturated carbocycles. The van der Waals surface area contributed by atoms with E-state index >= 15 is 0 Å². The fourth-order valence-electron chi connectivity index (χ4n) is 1.74. The zero-order valence-corrected chi connectivity index (χ0v) is 9.56. The van der Waals surface area contributed by atoms with Crippen molar-refractivity contribution in [1.29, 1.82) is 0 Å². The molecule has 0 saturated heterocycles. The summed E-state index contributed by atoms with van der Waals surface area (Å²) in [5, 5.41) is 8.68. The fourth-order valence-corrected chi connectivity index (χ4v) is 1.74. The van der Waals surface area contributed by atoms with Gasteiger partial charge in [-0.25, -0.2) is 0 Å². The second-order valence-electron chi connectivity index (χ2n) is 3.70. The Kier molecular flexibility index (Phi) is 3.37.